The van der Waals surface area contributed by atoms with E-state index < -0.39 is 9.85 Å². The quantitative estimate of drug-likeness (QED) is 0.588. The van der Waals surface area contributed by atoms with Gasteiger partial charge in [0.1, 0.15) is 0 Å². The summed E-state index contributed by atoms with van der Waals surface area (Å²) in [6.07, 6.45) is 0.496. The fourth-order valence-corrected chi connectivity index (χ4v) is 2.52. The molecule has 0 spiro atoms. The molecule has 0 radical (unpaired) electrons. The minimum atomic E-state index is -0.502. The maximum absolute atomic E-state index is 11.0. The molecule has 0 aliphatic carbocycles. The Morgan fingerprint density at radius 1 is 0.773 bits per heavy atom. The number of rotatable bonds is 5. The molecule has 0 aliphatic heterocycles. The first-order valence-electron chi connectivity index (χ1n) is 6.24. The van der Waals surface area contributed by atoms with E-state index in [9.17, 15) is 20.2 Å². The zero-order valence-corrected chi connectivity index (χ0v) is 12.7. The summed E-state index contributed by atoms with van der Waals surface area (Å²) in [7, 11) is 0. The summed E-state index contributed by atoms with van der Waals surface area (Å²) >= 11 is 11.7. The van der Waals surface area contributed by atoms with Gasteiger partial charge >= 0.3 is 0 Å². The lowest BCUT2D eigenvalue weighted by molar-refractivity contribution is -0.386. The Bertz CT molecular complexity index is 686. The van der Waals surface area contributed by atoms with Gasteiger partial charge in [0.15, 0.2) is 0 Å². The van der Waals surface area contributed by atoms with Gasteiger partial charge in [-0.1, -0.05) is 23.2 Å². The Hall–Kier alpha value is -2.18. The lowest BCUT2D eigenvalue weighted by Gasteiger charge is -2.06. The van der Waals surface area contributed by atoms with Crippen molar-refractivity contribution >= 4 is 34.6 Å². The second-order valence-electron chi connectivity index (χ2n) is 4.56. The van der Waals surface area contributed by atoms with Gasteiger partial charge in [-0.15, -0.1) is 0 Å². The Kier molecular flexibility index (Phi) is 4.95. The van der Waals surface area contributed by atoms with Gasteiger partial charge in [0.05, 0.1) is 9.85 Å². The van der Waals surface area contributed by atoms with Crippen LogP contribution in [0.4, 0.5) is 11.4 Å². The van der Waals surface area contributed by atoms with Crippen LogP contribution in [-0.2, 0) is 12.8 Å². The highest BCUT2D eigenvalue weighted by molar-refractivity contribution is 6.31. The van der Waals surface area contributed by atoms with Crippen LogP contribution in [0.3, 0.4) is 0 Å². The molecule has 0 heterocycles. The van der Waals surface area contributed by atoms with Gasteiger partial charge in [0.2, 0.25) is 0 Å². The topological polar surface area (TPSA) is 86.3 Å². The summed E-state index contributed by atoms with van der Waals surface area (Å²) in [6, 6.07) is 8.51. The molecule has 0 saturated carbocycles. The fraction of sp³-hybridized carbons (Fsp3) is 0.143. The Labute approximate surface area is 135 Å². The highest BCUT2D eigenvalue weighted by atomic mass is 35.5. The number of nitro benzene ring substituents is 2. The Balaban J connectivity index is 2.31. The van der Waals surface area contributed by atoms with E-state index in [-0.39, 0.29) is 24.2 Å². The first-order valence-corrected chi connectivity index (χ1v) is 6.99. The molecule has 2 aromatic carbocycles. The highest BCUT2D eigenvalue weighted by Gasteiger charge is 2.17. The Morgan fingerprint density at radius 2 is 1.14 bits per heavy atom. The lowest BCUT2D eigenvalue weighted by Crippen LogP contribution is -2.01. The predicted octanol–water partition coefficient (Wildman–Crippen LogP) is 4.60. The summed E-state index contributed by atoms with van der Waals surface area (Å²) in [4.78, 5) is 21.0. The third-order valence-corrected chi connectivity index (χ3v) is 3.61. The lowest BCUT2D eigenvalue weighted by atomic mass is 10.0. The fourth-order valence-electron chi connectivity index (χ4n) is 2.13. The van der Waals surface area contributed by atoms with Crippen molar-refractivity contribution in [2.45, 2.75) is 12.8 Å². The molecule has 114 valence electrons. The molecule has 0 amide bonds. The molecule has 2 aromatic rings. The van der Waals surface area contributed by atoms with Crippen LogP contribution in [0.15, 0.2) is 36.4 Å². The third-order valence-electron chi connectivity index (χ3n) is 3.14. The summed E-state index contributed by atoms with van der Waals surface area (Å²) in [5.74, 6) is 0. The van der Waals surface area contributed by atoms with Crippen LogP contribution in [0.25, 0.3) is 0 Å². The standard InChI is InChI=1S/C14H10Cl2N2O4/c15-11-3-5-13(17(19)20)9(7-11)1-2-10-8-12(16)4-6-14(10)18(21)22/h3-8H,1-2H2. The summed E-state index contributed by atoms with van der Waals surface area (Å²) in [5, 5.41) is 22.8. The average molecular weight is 341 g/mol. The van der Waals surface area contributed by atoms with Gasteiger partial charge in [-0.3, -0.25) is 20.2 Å². The molecule has 22 heavy (non-hydrogen) atoms. The number of benzene rings is 2. The van der Waals surface area contributed by atoms with Crippen LogP contribution in [0, 0.1) is 20.2 Å². The molecule has 0 unspecified atom stereocenters. The van der Waals surface area contributed by atoms with Crippen molar-refractivity contribution < 1.29 is 9.85 Å². The number of hydrogen-bond acceptors (Lipinski definition) is 4. The summed E-state index contributed by atoms with van der Waals surface area (Å²) in [6.45, 7) is 0. The number of nitro groups is 2. The van der Waals surface area contributed by atoms with E-state index in [0.29, 0.717) is 21.2 Å². The molecule has 0 aliphatic rings. The van der Waals surface area contributed by atoms with E-state index in [1.54, 1.807) is 0 Å². The van der Waals surface area contributed by atoms with E-state index in [1.807, 2.05) is 0 Å². The Morgan fingerprint density at radius 3 is 1.45 bits per heavy atom. The zero-order valence-electron chi connectivity index (χ0n) is 11.2. The first-order chi connectivity index (χ1) is 10.4. The van der Waals surface area contributed by atoms with Crippen molar-refractivity contribution in [1.82, 2.24) is 0 Å². The molecule has 0 aromatic heterocycles. The minimum Gasteiger partial charge on any atom is -0.258 e. The maximum atomic E-state index is 11.0. The maximum Gasteiger partial charge on any atom is 0.272 e. The molecule has 8 heteroatoms. The number of nitrogens with zero attached hydrogens (tertiary/aromatic N) is 2. The summed E-state index contributed by atoms with van der Waals surface area (Å²) < 4.78 is 0. The smallest absolute Gasteiger partial charge is 0.258 e. The van der Waals surface area contributed by atoms with Crippen molar-refractivity contribution in [2.24, 2.45) is 0 Å². The molecule has 0 saturated heterocycles. The number of aryl methyl sites for hydroxylation is 2. The van der Waals surface area contributed by atoms with Crippen molar-refractivity contribution in [3.8, 4) is 0 Å². The molecular formula is C14H10Cl2N2O4. The molecule has 6 nitrogen and oxygen atoms in total. The van der Waals surface area contributed by atoms with Crippen LogP contribution >= 0.6 is 23.2 Å². The number of halogens is 2. The monoisotopic (exact) mass is 340 g/mol. The van der Waals surface area contributed by atoms with Crippen molar-refractivity contribution in [1.29, 1.82) is 0 Å². The van der Waals surface area contributed by atoms with Gasteiger partial charge in [0, 0.05) is 33.3 Å². The van der Waals surface area contributed by atoms with Crippen molar-refractivity contribution in [3.05, 3.63) is 77.8 Å². The van der Waals surface area contributed by atoms with Gasteiger partial charge in [0.25, 0.3) is 11.4 Å². The van der Waals surface area contributed by atoms with Crippen LogP contribution in [-0.4, -0.2) is 9.85 Å². The molecule has 2 rings (SSSR count). The molecule has 0 fully saturated rings. The van der Waals surface area contributed by atoms with Crippen LogP contribution in [0.1, 0.15) is 11.1 Å². The largest absolute Gasteiger partial charge is 0.272 e. The second-order valence-corrected chi connectivity index (χ2v) is 5.43. The van der Waals surface area contributed by atoms with E-state index >= 15 is 0 Å². The van der Waals surface area contributed by atoms with E-state index in [0.717, 1.165) is 0 Å². The van der Waals surface area contributed by atoms with Crippen LogP contribution in [0.5, 0.6) is 0 Å². The zero-order chi connectivity index (χ0) is 16.3. The average Bonchev–Trinajstić information content (AvgIpc) is 2.44. The van der Waals surface area contributed by atoms with E-state index in [1.165, 1.54) is 36.4 Å². The predicted molar refractivity (Wildman–Crippen MR) is 83.6 cm³/mol. The molecule has 0 N–H and O–H groups in total. The van der Waals surface area contributed by atoms with Crippen LogP contribution in [0.2, 0.25) is 10.0 Å². The second kappa shape index (κ2) is 6.72. The van der Waals surface area contributed by atoms with Gasteiger partial charge in [-0.2, -0.15) is 0 Å². The normalized spacial score (nSPS) is 10.5. The van der Waals surface area contributed by atoms with E-state index in [4.69, 9.17) is 23.2 Å². The van der Waals surface area contributed by atoms with Crippen molar-refractivity contribution in [3.63, 3.8) is 0 Å². The number of hydrogen-bond donors (Lipinski definition) is 0. The summed E-state index contributed by atoms with van der Waals surface area (Å²) in [5.41, 5.74) is 0.724. The highest BCUT2D eigenvalue weighted by Crippen LogP contribution is 2.27. The molecular weight excluding hydrogens is 331 g/mol. The van der Waals surface area contributed by atoms with Gasteiger partial charge in [-0.05, 0) is 37.1 Å². The molecule has 0 bridgehead atoms. The first kappa shape index (κ1) is 16.2. The van der Waals surface area contributed by atoms with Gasteiger partial charge in [-0.25, -0.2) is 0 Å². The SMILES string of the molecule is O=[N+]([O-])c1ccc(Cl)cc1CCc1cc(Cl)ccc1[N+](=O)[O-]. The van der Waals surface area contributed by atoms with E-state index in [2.05, 4.69) is 0 Å². The van der Waals surface area contributed by atoms with Crippen molar-refractivity contribution in [2.75, 3.05) is 0 Å². The third kappa shape index (κ3) is 3.72. The minimum absolute atomic E-state index is 0.0610. The van der Waals surface area contributed by atoms with Crippen LogP contribution < -0.4 is 0 Å². The van der Waals surface area contributed by atoms with Gasteiger partial charge < -0.3 is 0 Å². The molecule has 0 atom stereocenters.